The molecule has 5 nitrogen and oxygen atoms in total. The topological polar surface area (TPSA) is 70.6 Å². The summed E-state index contributed by atoms with van der Waals surface area (Å²) in [7, 11) is 0. The molecule has 3 N–H and O–H groups in total. The zero-order valence-corrected chi connectivity index (χ0v) is 12.0. The minimum Gasteiger partial charge on any atom is -0.508 e. The van der Waals surface area contributed by atoms with Crippen molar-refractivity contribution in [3.63, 3.8) is 0 Å². The number of ether oxygens (including phenoxy) is 1. The first-order valence-corrected chi connectivity index (χ1v) is 6.35. The standard InChI is InChI=1S/C13H19ClN2O3/c1-13(2,3)19-12(18)16-15-7-6-9-8-10(14)4-5-11(9)17/h4-5,8,15,17H,6-7H2,1-3H3,(H,16,18). The van der Waals surface area contributed by atoms with Gasteiger partial charge in [-0.05, 0) is 51.0 Å². The maximum Gasteiger partial charge on any atom is 0.422 e. The average molecular weight is 287 g/mol. The summed E-state index contributed by atoms with van der Waals surface area (Å²) in [4.78, 5) is 11.3. The van der Waals surface area contributed by atoms with Crippen molar-refractivity contribution in [2.75, 3.05) is 6.54 Å². The van der Waals surface area contributed by atoms with Crippen molar-refractivity contribution < 1.29 is 14.6 Å². The first kappa shape index (κ1) is 15.6. The highest BCUT2D eigenvalue weighted by atomic mass is 35.5. The quantitative estimate of drug-likeness (QED) is 0.588. The molecule has 0 saturated carbocycles. The maximum absolute atomic E-state index is 11.3. The summed E-state index contributed by atoms with van der Waals surface area (Å²) in [5, 5.41) is 10.2. The number of rotatable bonds is 4. The number of halogens is 1. The zero-order chi connectivity index (χ0) is 14.5. The van der Waals surface area contributed by atoms with Crippen LogP contribution in [0.1, 0.15) is 26.3 Å². The van der Waals surface area contributed by atoms with E-state index in [1.807, 2.05) is 0 Å². The molecule has 19 heavy (non-hydrogen) atoms. The molecule has 0 saturated heterocycles. The number of aromatic hydroxyl groups is 1. The number of amides is 1. The molecule has 1 rings (SSSR count). The molecule has 0 aromatic heterocycles. The lowest BCUT2D eigenvalue weighted by atomic mass is 10.1. The molecule has 0 aliphatic carbocycles. The van der Waals surface area contributed by atoms with Crippen molar-refractivity contribution in [3.8, 4) is 5.75 Å². The molecule has 6 heteroatoms. The van der Waals surface area contributed by atoms with Crippen molar-refractivity contribution in [2.24, 2.45) is 0 Å². The summed E-state index contributed by atoms with van der Waals surface area (Å²) in [6.45, 7) is 5.82. The lowest BCUT2D eigenvalue weighted by Gasteiger charge is -2.19. The zero-order valence-electron chi connectivity index (χ0n) is 11.3. The average Bonchev–Trinajstić information content (AvgIpc) is 2.26. The summed E-state index contributed by atoms with van der Waals surface area (Å²) in [6, 6.07) is 4.85. The second-order valence-corrected chi connectivity index (χ2v) is 5.51. The van der Waals surface area contributed by atoms with Crippen LogP contribution in [0.25, 0.3) is 0 Å². The van der Waals surface area contributed by atoms with E-state index in [1.54, 1.807) is 39.0 Å². The number of hydrogen-bond acceptors (Lipinski definition) is 4. The van der Waals surface area contributed by atoms with E-state index in [0.29, 0.717) is 23.6 Å². The third kappa shape index (κ3) is 6.31. The Labute approximate surface area is 117 Å². The highest BCUT2D eigenvalue weighted by Crippen LogP contribution is 2.21. The van der Waals surface area contributed by atoms with E-state index in [2.05, 4.69) is 10.9 Å². The molecule has 106 valence electrons. The first-order valence-electron chi connectivity index (χ1n) is 5.97. The number of carbonyl (C=O) groups is 1. The van der Waals surface area contributed by atoms with Crippen molar-refractivity contribution >= 4 is 17.7 Å². The first-order chi connectivity index (χ1) is 8.78. The van der Waals surface area contributed by atoms with Crippen LogP contribution in [0.4, 0.5) is 4.79 Å². The van der Waals surface area contributed by atoms with Gasteiger partial charge in [0.2, 0.25) is 0 Å². The molecule has 1 aromatic carbocycles. The molecule has 0 unspecified atom stereocenters. The molecule has 0 bridgehead atoms. The molecule has 1 amide bonds. The van der Waals surface area contributed by atoms with Crippen LogP contribution in [0.15, 0.2) is 18.2 Å². The lowest BCUT2D eigenvalue weighted by molar-refractivity contribution is 0.0499. The summed E-state index contributed by atoms with van der Waals surface area (Å²) in [5.41, 5.74) is 5.33. The SMILES string of the molecule is CC(C)(C)OC(=O)NNCCc1cc(Cl)ccc1O. The Morgan fingerprint density at radius 2 is 2.11 bits per heavy atom. The number of carbonyl (C=O) groups excluding carboxylic acids is 1. The van der Waals surface area contributed by atoms with Crippen molar-refractivity contribution in [1.29, 1.82) is 0 Å². The van der Waals surface area contributed by atoms with Gasteiger partial charge < -0.3 is 9.84 Å². The molecular weight excluding hydrogens is 268 g/mol. The van der Waals surface area contributed by atoms with E-state index < -0.39 is 11.7 Å². The van der Waals surface area contributed by atoms with Gasteiger partial charge in [-0.25, -0.2) is 10.2 Å². The molecule has 0 atom stereocenters. The maximum atomic E-state index is 11.3. The van der Waals surface area contributed by atoms with Gasteiger partial charge in [0.25, 0.3) is 0 Å². The lowest BCUT2D eigenvalue weighted by Crippen LogP contribution is -2.41. The Morgan fingerprint density at radius 1 is 1.42 bits per heavy atom. The van der Waals surface area contributed by atoms with Crippen LogP contribution in [0.5, 0.6) is 5.75 Å². The Kier molecular flexibility index (Phi) is 5.44. The molecular formula is C13H19ClN2O3. The Balaban J connectivity index is 2.31. The minimum atomic E-state index is -0.539. The fourth-order valence-corrected chi connectivity index (χ4v) is 1.58. The van der Waals surface area contributed by atoms with Gasteiger partial charge >= 0.3 is 6.09 Å². The van der Waals surface area contributed by atoms with Gasteiger partial charge in [0.05, 0.1) is 0 Å². The van der Waals surface area contributed by atoms with Crippen LogP contribution in [0.2, 0.25) is 5.02 Å². The van der Waals surface area contributed by atoms with E-state index >= 15 is 0 Å². The monoisotopic (exact) mass is 286 g/mol. The van der Waals surface area contributed by atoms with Crippen LogP contribution in [-0.2, 0) is 11.2 Å². The number of phenols is 1. The summed E-state index contributed by atoms with van der Waals surface area (Å²) >= 11 is 5.83. The van der Waals surface area contributed by atoms with Gasteiger partial charge in [-0.2, -0.15) is 0 Å². The molecule has 0 aliphatic heterocycles. The number of hydrazine groups is 1. The van der Waals surface area contributed by atoms with Crippen LogP contribution in [-0.4, -0.2) is 23.3 Å². The van der Waals surface area contributed by atoms with E-state index in [9.17, 15) is 9.90 Å². The normalized spacial score (nSPS) is 11.2. The van der Waals surface area contributed by atoms with Gasteiger partial charge in [0, 0.05) is 11.6 Å². The molecule has 0 spiro atoms. The van der Waals surface area contributed by atoms with E-state index in [0.717, 1.165) is 0 Å². The van der Waals surface area contributed by atoms with Crippen LogP contribution < -0.4 is 10.9 Å². The highest BCUT2D eigenvalue weighted by molar-refractivity contribution is 6.30. The second-order valence-electron chi connectivity index (χ2n) is 5.08. The number of hydrogen-bond donors (Lipinski definition) is 3. The summed E-state index contributed by atoms with van der Waals surface area (Å²) in [6.07, 6.45) is -0.00911. The summed E-state index contributed by atoms with van der Waals surface area (Å²) < 4.78 is 5.05. The largest absolute Gasteiger partial charge is 0.508 e. The van der Waals surface area contributed by atoms with Crippen molar-refractivity contribution in [1.82, 2.24) is 10.9 Å². The van der Waals surface area contributed by atoms with E-state index in [-0.39, 0.29) is 5.75 Å². The fraction of sp³-hybridized carbons (Fsp3) is 0.462. The van der Waals surface area contributed by atoms with E-state index in [1.165, 1.54) is 0 Å². The molecule has 1 aromatic rings. The fourth-order valence-electron chi connectivity index (χ4n) is 1.39. The van der Waals surface area contributed by atoms with Crippen molar-refractivity contribution in [2.45, 2.75) is 32.8 Å². The minimum absolute atomic E-state index is 0.184. The highest BCUT2D eigenvalue weighted by Gasteiger charge is 2.15. The third-order valence-corrected chi connectivity index (χ3v) is 2.39. The van der Waals surface area contributed by atoms with Gasteiger partial charge in [0.15, 0.2) is 0 Å². The summed E-state index contributed by atoms with van der Waals surface area (Å²) in [5.74, 6) is 0.184. The Bertz CT molecular complexity index is 444. The molecule has 0 heterocycles. The third-order valence-electron chi connectivity index (χ3n) is 2.15. The predicted molar refractivity (Wildman–Crippen MR) is 74.2 cm³/mol. The van der Waals surface area contributed by atoms with Gasteiger partial charge in [-0.15, -0.1) is 0 Å². The smallest absolute Gasteiger partial charge is 0.422 e. The van der Waals surface area contributed by atoms with Gasteiger partial charge in [-0.1, -0.05) is 11.6 Å². The molecule has 0 aliphatic rings. The van der Waals surface area contributed by atoms with Crippen LogP contribution in [0, 0.1) is 0 Å². The predicted octanol–water partition coefficient (Wildman–Crippen LogP) is 2.62. The van der Waals surface area contributed by atoms with Gasteiger partial charge in [0.1, 0.15) is 11.4 Å². The number of phenolic OH excluding ortho intramolecular Hbond substituents is 1. The molecule has 0 fully saturated rings. The van der Waals surface area contributed by atoms with Crippen LogP contribution in [0.3, 0.4) is 0 Å². The van der Waals surface area contributed by atoms with Crippen LogP contribution >= 0.6 is 11.6 Å². The number of benzene rings is 1. The number of nitrogens with one attached hydrogen (secondary N) is 2. The van der Waals surface area contributed by atoms with Gasteiger partial charge in [-0.3, -0.25) is 5.43 Å². The van der Waals surface area contributed by atoms with Crippen molar-refractivity contribution in [3.05, 3.63) is 28.8 Å². The van der Waals surface area contributed by atoms with E-state index in [4.69, 9.17) is 16.3 Å². The second kappa shape index (κ2) is 6.63. The Morgan fingerprint density at radius 3 is 2.74 bits per heavy atom. The Hall–Kier alpha value is -1.46. The molecule has 0 radical (unpaired) electrons.